The van der Waals surface area contributed by atoms with Crippen LogP contribution in [0.3, 0.4) is 0 Å². The summed E-state index contributed by atoms with van der Waals surface area (Å²) in [6, 6.07) is 11.7. The van der Waals surface area contributed by atoms with Gasteiger partial charge in [0, 0.05) is 18.8 Å². The van der Waals surface area contributed by atoms with Crippen LogP contribution in [0.1, 0.15) is 27.3 Å². The monoisotopic (exact) mass is 272 g/mol. The molecular weight excluding hydrogens is 252 g/mol. The number of nitrogens with zero attached hydrogens (tertiary/aromatic N) is 1. The van der Waals surface area contributed by atoms with E-state index in [1.807, 2.05) is 50.2 Å². The van der Waals surface area contributed by atoms with Gasteiger partial charge in [-0.3, -0.25) is 4.79 Å². The fourth-order valence-corrected chi connectivity index (χ4v) is 2.29. The highest BCUT2D eigenvalue weighted by Crippen LogP contribution is 2.14. The molecule has 0 aliphatic carbocycles. The summed E-state index contributed by atoms with van der Waals surface area (Å²) in [5.41, 5.74) is 3.56. The molecule has 0 saturated heterocycles. The number of carbonyl (C=O) groups excluding carboxylic acids is 1. The number of carbonyl (C=O) groups is 1. The summed E-state index contributed by atoms with van der Waals surface area (Å²) in [7, 11) is 0. The van der Waals surface area contributed by atoms with E-state index in [4.69, 9.17) is 0 Å². The van der Waals surface area contributed by atoms with Crippen LogP contribution in [0.5, 0.6) is 0 Å². The van der Waals surface area contributed by atoms with Gasteiger partial charge in [0.2, 0.25) is 0 Å². The largest absolute Gasteiger partial charge is 0.395 e. The molecular formula is C16H20N2O2. The number of hydrogen-bond donors (Lipinski definition) is 2. The molecule has 0 spiro atoms. The lowest BCUT2D eigenvalue weighted by molar-refractivity contribution is 0.0701. The lowest BCUT2D eigenvalue weighted by atomic mass is 10.2. The number of aliphatic hydroxyl groups excluding tert-OH is 1. The van der Waals surface area contributed by atoms with Gasteiger partial charge in [-0.05, 0) is 31.0 Å². The van der Waals surface area contributed by atoms with Crippen molar-refractivity contribution in [1.82, 2.24) is 9.88 Å². The molecule has 2 aromatic rings. The van der Waals surface area contributed by atoms with Crippen molar-refractivity contribution in [3.63, 3.8) is 0 Å². The van der Waals surface area contributed by atoms with E-state index in [9.17, 15) is 9.90 Å². The van der Waals surface area contributed by atoms with E-state index < -0.39 is 0 Å². The highest BCUT2D eigenvalue weighted by atomic mass is 16.3. The quantitative estimate of drug-likeness (QED) is 0.877. The molecule has 1 aromatic carbocycles. The Bertz CT molecular complexity index is 575. The zero-order valence-corrected chi connectivity index (χ0v) is 11.9. The van der Waals surface area contributed by atoms with Crippen molar-refractivity contribution < 1.29 is 9.90 Å². The number of aliphatic hydroxyl groups is 1. The van der Waals surface area contributed by atoms with Gasteiger partial charge in [-0.15, -0.1) is 0 Å². The Hall–Kier alpha value is -2.07. The molecule has 1 amide bonds. The van der Waals surface area contributed by atoms with Crippen molar-refractivity contribution >= 4 is 5.91 Å². The molecule has 4 nitrogen and oxygen atoms in total. The first-order valence-corrected chi connectivity index (χ1v) is 6.72. The standard InChI is InChI=1S/C16H20N2O2/c1-12-10-13(2)17-15(12)16(20)18(8-9-19)11-14-6-4-3-5-7-14/h3-7,10,17,19H,8-9,11H2,1-2H3. The summed E-state index contributed by atoms with van der Waals surface area (Å²) < 4.78 is 0. The number of rotatable bonds is 5. The second-order valence-electron chi connectivity index (χ2n) is 4.95. The van der Waals surface area contributed by atoms with Gasteiger partial charge in [0.15, 0.2) is 0 Å². The van der Waals surface area contributed by atoms with E-state index in [-0.39, 0.29) is 12.5 Å². The molecule has 20 heavy (non-hydrogen) atoms. The molecule has 0 saturated carbocycles. The number of aromatic nitrogens is 1. The Morgan fingerprint density at radius 1 is 1.25 bits per heavy atom. The van der Waals surface area contributed by atoms with E-state index in [0.29, 0.717) is 18.8 Å². The lowest BCUT2D eigenvalue weighted by Crippen LogP contribution is -2.33. The zero-order valence-electron chi connectivity index (χ0n) is 11.9. The van der Waals surface area contributed by atoms with Crippen molar-refractivity contribution in [2.45, 2.75) is 20.4 Å². The third kappa shape index (κ3) is 3.27. The maximum atomic E-state index is 12.6. The molecule has 4 heteroatoms. The maximum absolute atomic E-state index is 12.6. The predicted octanol–water partition coefficient (Wildman–Crippen LogP) is 2.27. The predicted molar refractivity (Wildman–Crippen MR) is 78.5 cm³/mol. The number of amides is 1. The Kier molecular flexibility index (Phi) is 4.58. The molecule has 2 N–H and O–H groups in total. The number of hydrogen-bond acceptors (Lipinski definition) is 2. The van der Waals surface area contributed by atoms with Crippen LogP contribution in [0, 0.1) is 13.8 Å². The van der Waals surface area contributed by atoms with Gasteiger partial charge in [0.05, 0.1) is 6.61 Å². The smallest absolute Gasteiger partial charge is 0.270 e. The molecule has 0 aliphatic rings. The molecule has 1 aromatic heterocycles. The highest BCUT2D eigenvalue weighted by molar-refractivity contribution is 5.94. The maximum Gasteiger partial charge on any atom is 0.270 e. The summed E-state index contributed by atoms with van der Waals surface area (Å²) in [6.07, 6.45) is 0. The number of aryl methyl sites for hydroxylation is 2. The average Bonchev–Trinajstić information content (AvgIpc) is 2.77. The van der Waals surface area contributed by atoms with Crippen LogP contribution in [0.4, 0.5) is 0 Å². The first-order chi connectivity index (χ1) is 9.61. The fourth-order valence-electron chi connectivity index (χ4n) is 2.29. The molecule has 0 fully saturated rings. The van der Waals surface area contributed by atoms with Gasteiger partial charge in [-0.2, -0.15) is 0 Å². The lowest BCUT2D eigenvalue weighted by Gasteiger charge is -2.21. The molecule has 0 radical (unpaired) electrons. The van der Waals surface area contributed by atoms with Gasteiger partial charge >= 0.3 is 0 Å². The van der Waals surface area contributed by atoms with Crippen molar-refractivity contribution in [2.75, 3.05) is 13.2 Å². The number of aromatic amines is 1. The normalized spacial score (nSPS) is 10.6. The summed E-state index contributed by atoms with van der Waals surface area (Å²) in [6.45, 7) is 4.62. The fraction of sp³-hybridized carbons (Fsp3) is 0.312. The Morgan fingerprint density at radius 2 is 1.95 bits per heavy atom. The van der Waals surface area contributed by atoms with Gasteiger partial charge in [-0.25, -0.2) is 0 Å². The van der Waals surface area contributed by atoms with E-state index in [2.05, 4.69) is 4.98 Å². The van der Waals surface area contributed by atoms with Crippen LogP contribution in [0.15, 0.2) is 36.4 Å². The van der Waals surface area contributed by atoms with Crippen molar-refractivity contribution in [1.29, 1.82) is 0 Å². The van der Waals surface area contributed by atoms with Crippen molar-refractivity contribution in [2.24, 2.45) is 0 Å². The third-order valence-electron chi connectivity index (χ3n) is 3.24. The number of H-pyrrole nitrogens is 1. The van der Waals surface area contributed by atoms with E-state index >= 15 is 0 Å². The van der Waals surface area contributed by atoms with Crippen LogP contribution in [-0.2, 0) is 6.54 Å². The van der Waals surface area contributed by atoms with E-state index in [1.165, 1.54) is 0 Å². The minimum atomic E-state index is -0.0755. The van der Waals surface area contributed by atoms with Gasteiger partial charge in [-0.1, -0.05) is 30.3 Å². The molecule has 0 bridgehead atoms. The van der Waals surface area contributed by atoms with Crippen LogP contribution in [-0.4, -0.2) is 34.0 Å². The minimum absolute atomic E-state index is 0.0443. The second-order valence-corrected chi connectivity index (χ2v) is 4.95. The Labute approximate surface area is 119 Å². The van der Waals surface area contributed by atoms with Crippen LogP contribution in [0.25, 0.3) is 0 Å². The Morgan fingerprint density at radius 3 is 2.50 bits per heavy atom. The Balaban J connectivity index is 2.20. The van der Waals surface area contributed by atoms with Gasteiger partial charge in [0.25, 0.3) is 5.91 Å². The highest BCUT2D eigenvalue weighted by Gasteiger charge is 2.19. The first kappa shape index (κ1) is 14.3. The zero-order chi connectivity index (χ0) is 14.5. The second kappa shape index (κ2) is 6.39. The topological polar surface area (TPSA) is 56.3 Å². The van der Waals surface area contributed by atoms with E-state index in [1.54, 1.807) is 4.90 Å². The molecule has 106 valence electrons. The third-order valence-corrected chi connectivity index (χ3v) is 3.24. The summed E-state index contributed by atoms with van der Waals surface area (Å²) >= 11 is 0. The van der Waals surface area contributed by atoms with Gasteiger partial charge < -0.3 is 15.0 Å². The first-order valence-electron chi connectivity index (χ1n) is 6.72. The molecule has 0 aliphatic heterocycles. The van der Waals surface area contributed by atoms with Crippen LogP contribution < -0.4 is 0 Å². The molecule has 0 unspecified atom stereocenters. The van der Waals surface area contributed by atoms with Gasteiger partial charge in [0.1, 0.15) is 5.69 Å². The molecule has 1 heterocycles. The number of nitrogens with one attached hydrogen (secondary N) is 1. The van der Waals surface area contributed by atoms with Crippen LogP contribution in [0.2, 0.25) is 0 Å². The van der Waals surface area contributed by atoms with Crippen LogP contribution >= 0.6 is 0 Å². The minimum Gasteiger partial charge on any atom is -0.395 e. The molecule has 2 rings (SSSR count). The summed E-state index contributed by atoms with van der Waals surface area (Å²) in [5, 5.41) is 9.18. The SMILES string of the molecule is Cc1cc(C)c(C(=O)N(CCO)Cc2ccccc2)[nH]1. The average molecular weight is 272 g/mol. The number of benzene rings is 1. The summed E-state index contributed by atoms with van der Waals surface area (Å²) in [5.74, 6) is -0.0755. The van der Waals surface area contributed by atoms with Crippen molar-refractivity contribution in [3.8, 4) is 0 Å². The molecule has 0 atom stereocenters. The van der Waals surface area contributed by atoms with Crippen molar-refractivity contribution in [3.05, 3.63) is 58.9 Å². The van der Waals surface area contributed by atoms with E-state index in [0.717, 1.165) is 16.8 Å². The summed E-state index contributed by atoms with van der Waals surface area (Å²) in [4.78, 5) is 17.3.